The summed E-state index contributed by atoms with van der Waals surface area (Å²) in [5.41, 5.74) is 0. The minimum Gasteiger partial charge on any atom is -1.00 e. The molecule has 0 aliphatic heterocycles. The zero-order chi connectivity index (χ0) is 8.15. The summed E-state index contributed by atoms with van der Waals surface area (Å²) in [6.45, 7) is -0.688. The molecule has 0 aliphatic rings. The average Bonchev–Trinajstić information content (AvgIpc) is 2.00. The van der Waals surface area contributed by atoms with Gasteiger partial charge in [0.2, 0.25) is 0 Å². The van der Waals surface area contributed by atoms with Gasteiger partial charge in [-0.2, -0.15) is 0 Å². The number of rotatable bonds is 4. The van der Waals surface area contributed by atoms with Gasteiger partial charge in [-0.15, -0.1) is 0 Å². The van der Waals surface area contributed by atoms with E-state index in [1.807, 2.05) is 0 Å². The minimum absolute atomic E-state index is 0. The van der Waals surface area contributed by atoms with Crippen LogP contribution in [0.5, 0.6) is 0 Å². The van der Waals surface area contributed by atoms with Gasteiger partial charge in [-0.05, 0) is 0 Å². The van der Waals surface area contributed by atoms with Gasteiger partial charge in [0.05, 0.1) is 6.61 Å². The van der Waals surface area contributed by atoms with Crippen LogP contribution in [-0.4, -0.2) is 51.6 Å². The maximum absolute atomic E-state index is 9.76. The third-order valence-corrected chi connectivity index (χ3v) is 1.07. The number of carbonyl (C=O) groups excluding carboxylic acids is 1. The Kier molecular flexibility index (Phi) is 15.3. The molecule has 0 heterocycles. The Morgan fingerprint density at radius 1 is 1.25 bits per heavy atom. The van der Waals surface area contributed by atoms with Crippen molar-refractivity contribution >= 4 is 6.29 Å². The van der Waals surface area contributed by atoms with E-state index in [9.17, 15) is 4.79 Å². The van der Waals surface area contributed by atoms with Crippen LogP contribution in [0.1, 0.15) is 0 Å². The molecule has 0 radical (unpaired) electrons. The van der Waals surface area contributed by atoms with Crippen molar-refractivity contribution in [2.75, 3.05) is 6.61 Å². The van der Waals surface area contributed by atoms with E-state index in [4.69, 9.17) is 20.4 Å². The van der Waals surface area contributed by atoms with E-state index in [0.717, 1.165) is 0 Å². The first-order chi connectivity index (χ1) is 4.63. The summed E-state index contributed by atoms with van der Waals surface area (Å²) in [6, 6.07) is 0. The van der Waals surface area contributed by atoms with Gasteiger partial charge in [0.1, 0.15) is 18.3 Å². The van der Waals surface area contributed by atoms with Crippen LogP contribution in [0, 0.1) is 0 Å². The molecule has 0 amide bonds. The Morgan fingerprint density at radius 3 is 1.92 bits per heavy atom. The van der Waals surface area contributed by atoms with Crippen molar-refractivity contribution in [3.8, 4) is 0 Å². The van der Waals surface area contributed by atoms with Crippen LogP contribution in [-0.2, 0) is 4.79 Å². The molecule has 0 aromatic rings. The Labute approximate surface area is 98.1 Å². The summed E-state index contributed by atoms with van der Waals surface area (Å²) in [6.07, 6.45) is -4.63. The summed E-state index contributed by atoms with van der Waals surface area (Å²) in [7, 11) is 0. The summed E-state index contributed by atoms with van der Waals surface area (Å²) < 4.78 is 0. The molecule has 0 aromatic heterocycles. The maximum Gasteiger partial charge on any atom is 1.00 e. The summed E-state index contributed by atoms with van der Waals surface area (Å²) in [5, 5.41) is 34.1. The van der Waals surface area contributed by atoms with Gasteiger partial charge in [-0.3, -0.25) is 0 Å². The predicted molar refractivity (Wildman–Crippen MR) is 31.2 cm³/mol. The second-order valence-electron chi connectivity index (χ2n) is 1.87. The van der Waals surface area contributed by atoms with Crippen LogP contribution >= 0.6 is 0 Å². The van der Waals surface area contributed by atoms with Crippen LogP contribution in [0.3, 0.4) is 0 Å². The Balaban J connectivity index is -0.000000405. The third-order valence-electron chi connectivity index (χ3n) is 1.07. The van der Waals surface area contributed by atoms with Gasteiger partial charge in [0, 0.05) is 0 Å². The first-order valence-electron chi connectivity index (χ1n) is 2.73. The van der Waals surface area contributed by atoms with Crippen molar-refractivity contribution in [2.24, 2.45) is 0 Å². The number of aldehydes is 1. The minimum atomic E-state index is -1.64. The van der Waals surface area contributed by atoms with Crippen LogP contribution < -0.4 is 42.0 Å². The quantitative estimate of drug-likeness (QED) is 0.272. The van der Waals surface area contributed by atoms with Crippen molar-refractivity contribution in [3.05, 3.63) is 0 Å². The molecular weight excluding hydrogens is 198 g/mol. The SMILES string of the molecule is O=C[C@H](O)[C@H](O)[C@H](O)CO.[Cl-].[Na+]. The molecule has 5 nitrogen and oxygen atoms in total. The largest absolute Gasteiger partial charge is 1.00 e. The monoisotopic (exact) mass is 208 g/mol. The molecule has 0 aromatic carbocycles. The smallest absolute Gasteiger partial charge is 1.00 e. The normalized spacial score (nSPS) is 16.3. The number of hydrogen-bond acceptors (Lipinski definition) is 5. The fourth-order valence-electron chi connectivity index (χ4n) is 0.416. The van der Waals surface area contributed by atoms with E-state index in [1.54, 1.807) is 0 Å². The molecule has 0 saturated carbocycles. The van der Waals surface area contributed by atoms with Crippen molar-refractivity contribution in [2.45, 2.75) is 18.3 Å². The topological polar surface area (TPSA) is 98.0 Å². The van der Waals surface area contributed by atoms with Crippen molar-refractivity contribution < 1.29 is 67.2 Å². The summed E-state index contributed by atoms with van der Waals surface area (Å²) in [5.74, 6) is 0. The zero-order valence-corrected chi connectivity index (χ0v) is 9.35. The summed E-state index contributed by atoms with van der Waals surface area (Å²) in [4.78, 5) is 9.76. The number of halogens is 1. The number of aliphatic hydroxyl groups excluding tert-OH is 4. The Morgan fingerprint density at radius 2 is 1.67 bits per heavy atom. The molecule has 4 N–H and O–H groups in total. The van der Waals surface area contributed by atoms with Gasteiger partial charge < -0.3 is 37.6 Å². The molecule has 0 rings (SSSR count). The molecule has 0 fully saturated rings. The van der Waals surface area contributed by atoms with E-state index in [0.29, 0.717) is 0 Å². The van der Waals surface area contributed by atoms with Gasteiger partial charge in [0.25, 0.3) is 0 Å². The van der Waals surface area contributed by atoms with Crippen molar-refractivity contribution in [1.82, 2.24) is 0 Å². The van der Waals surface area contributed by atoms with Crippen molar-refractivity contribution in [3.63, 3.8) is 0 Å². The molecule has 7 heteroatoms. The first-order valence-corrected chi connectivity index (χ1v) is 2.73. The third kappa shape index (κ3) is 6.33. The first kappa shape index (κ1) is 18.6. The van der Waals surface area contributed by atoms with Crippen molar-refractivity contribution in [1.29, 1.82) is 0 Å². The van der Waals surface area contributed by atoms with E-state index in [1.165, 1.54) is 0 Å². The molecule has 0 saturated heterocycles. The Bertz CT molecular complexity index is 114. The van der Waals surface area contributed by atoms with Crippen LogP contribution in [0.2, 0.25) is 0 Å². The van der Waals surface area contributed by atoms with Crippen LogP contribution in [0.4, 0.5) is 0 Å². The standard InChI is InChI=1S/C5H10O5.ClH.Na/c6-1-3(8)5(10)4(9)2-7;;/h1,3-5,7-10H,2H2;1H;/q;;+1/p-1/t3-,4+,5-;;/m0../s1. The van der Waals surface area contributed by atoms with Gasteiger partial charge >= 0.3 is 29.6 Å². The fraction of sp³-hybridized carbons (Fsp3) is 0.800. The molecule has 0 unspecified atom stereocenters. The molecular formula is C5H10ClNaO5. The molecule has 0 aliphatic carbocycles. The second-order valence-corrected chi connectivity index (χ2v) is 1.87. The van der Waals surface area contributed by atoms with E-state index in [2.05, 4.69) is 0 Å². The second kappa shape index (κ2) is 9.88. The van der Waals surface area contributed by atoms with Crippen LogP contribution in [0.25, 0.3) is 0 Å². The number of hydrogen-bond donors (Lipinski definition) is 4. The summed E-state index contributed by atoms with van der Waals surface area (Å²) >= 11 is 0. The predicted octanol–water partition coefficient (Wildman–Crippen LogP) is -8.73. The Hall–Kier alpha value is 0.800. The average molecular weight is 209 g/mol. The fourth-order valence-corrected chi connectivity index (χ4v) is 0.416. The van der Waals surface area contributed by atoms with Crippen LogP contribution in [0.15, 0.2) is 0 Å². The van der Waals surface area contributed by atoms with E-state index in [-0.39, 0.29) is 48.3 Å². The van der Waals surface area contributed by atoms with E-state index < -0.39 is 24.9 Å². The molecule has 0 bridgehead atoms. The van der Waals surface area contributed by atoms with Gasteiger partial charge in [-0.1, -0.05) is 0 Å². The number of carbonyl (C=O) groups is 1. The zero-order valence-electron chi connectivity index (χ0n) is 6.59. The van der Waals surface area contributed by atoms with Gasteiger partial charge in [0.15, 0.2) is 6.29 Å². The molecule has 12 heavy (non-hydrogen) atoms. The molecule has 0 spiro atoms. The number of aliphatic hydroxyl groups is 4. The maximum atomic E-state index is 9.76. The van der Waals surface area contributed by atoms with E-state index >= 15 is 0 Å². The molecule has 3 atom stereocenters. The molecule has 68 valence electrons. The van der Waals surface area contributed by atoms with Gasteiger partial charge in [-0.25, -0.2) is 0 Å².